The van der Waals surface area contributed by atoms with Gasteiger partial charge in [0.25, 0.3) is 5.91 Å². The Balaban J connectivity index is 1.88. The molecule has 1 atom stereocenters. The summed E-state index contributed by atoms with van der Waals surface area (Å²) in [5.41, 5.74) is -0.0249. The van der Waals surface area contributed by atoms with E-state index in [0.29, 0.717) is 12.5 Å². The molecule has 1 aliphatic rings. The van der Waals surface area contributed by atoms with Crippen LogP contribution in [0.1, 0.15) is 23.7 Å². The van der Waals surface area contributed by atoms with Crippen molar-refractivity contribution in [1.82, 2.24) is 10.2 Å². The van der Waals surface area contributed by atoms with Gasteiger partial charge in [-0.05, 0) is 37.6 Å². The number of nitrogens with zero attached hydrogens (tertiary/aromatic N) is 1. The zero-order valence-corrected chi connectivity index (χ0v) is 11.0. The highest BCUT2D eigenvalue weighted by Gasteiger charge is 2.22. The van der Waals surface area contributed by atoms with E-state index in [1.54, 1.807) is 0 Å². The molecule has 1 amide bonds. The summed E-state index contributed by atoms with van der Waals surface area (Å²) >= 11 is 0. The minimum atomic E-state index is -0.695. The van der Waals surface area contributed by atoms with Crippen molar-refractivity contribution in [3.63, 3.8) is 0 Å². The number of likely N-dealkylation sites (tertiary alicyclic amines) is 1. The Labute approximate surface area is 112 Å². The second kappa shape index (κ2) is 6.02. The molecule has 4 nitrogen and oxygen atoms in total. The van der Waals surface area contributed by atoms with Gasteiger partial charge in [-0.2, -0.15) is 0 Å². The van der Waals surface area contributed by atoms with Gasteiger partial charge in [-0.1, -0.05) is 6.92 Å². The maximum Gasteiger partial charge on any atom is 0.254 e. The van der Waals surface area contributed by atoms with Crippen LogP contribution >= 0.6 is 0 Å². The molecule has 104 valence electrons. The third kappa shape index (κ3) is 3.44. The lowest BCUT2D eigenvalue weighted by Crippen LogP contribution is -2.31. The molecule has 1 aliphatic heterocycles. The number of nitrogens with one attached hydrogen (secondary N) is 1. The number of carbonyl (C=O) groups excluding carboxylic acids is 1. The molecule has 2 N–H and O–H groups in total. The number of phenols is 1. The van der Waals surface area contributed by atoms with E-state index in [4.69, 9.17) is 5.11 Å². The van der Waals surface area contributed by atoms with Gasteiger partial charge in [0.2, 0.25) is 0 Å². The van der Waals surface area contributed by atoms with E-state index >= 15 is 0 Å². The van der Waals surface area contributed by atoms with Crippen molar-refractivity contribution in [2.24, 2.45) is 5.92 Å². The van der Waals surface area contributed by atoms with Gasteiger partial charge in [0.1, 0.15) is 11.6 Å². The van der Waals surface area contributed by atoms with Crippen LogP contribution in [0.4, 0.5) is 4.39 Å². The van der Waals surface area contributed by atoms with Crippen LogP contribution in [0.3, 0.4) is 0 Å². The first-order chi connectivity index (χ1) is 9.10. The SMILES string of the molecule is CCN1CCC(CNC(=O)c2ccc(O)cc2F)C1. The van der Waals surface area contributed by atoms with Crippen molar-refractivity contribution in [2.45, 2.75) is 13.3 Å². The standard InChI is InChI=1S/C14H19FN2O2/c1-2-17-6-5-10(9-17)8-16-14(19)12-4-3-11(18)7-13(12)15/h3-4,7,10,18H,2,5-6,8-9H2,1H3,(H,16,19). The first kappa shape index (κ1) is 13.8. The normalized spacial score (nSPS) is 19.6. The molecule has 2 rings (SSSR count). The summed E-state index contributed by atoms with van der Waals surface area (Å²) in [5.74, 6) is -0.862. The maximum absolute atomic E-state index is 13.5. The Morgan fingerprint density at radius 2 is 2.37 bits per heavy atom. The first-order valence-corrected chi connectivity index (χ1v) is 6.59. The Morgan fingerprint density at radius 3 is 3.00 bits per heavy atom. The van der Waals surface area contributed by atoms with Crippen molar-refractivity contribution < 1.29 is 14.3 Å². The number of carbonyl (C=O) groups is 1. The Hall–Kier alpha value is -1.62. The summed E-state index contributed by atoms with van der Waals surface area (Å²) in [4.78, 5) is 14.2. The molecule has 0 radical (unpaired) electrons. The fraction of sp³-hybridized carbons (Fsp3) is 0.500. The largest absolute Gasteiger partial charge is 0.508 e. The Kier molecular flexibility index (Phi) is 4.37. The van der Waals surface area contributed by atoms with Crippen LogP contribution in [0.25, 0.3) is 0 Å². The van der Waals surface area contributed by atoms with E-state index in [0.717, 1.165) is 32.1 Å². The molecular weight excluding hydrogens is 247 g/mol. The summed E-state index contributed by atoms with van der Waals surface area (Å²) in [6.45, 7) is 5.75. The fourth-order valence-corrected chi connectivity index (χ4v) is 2.39. The lowest BCUT2D eigenvalue weighted by atomic mass is 10.1. The maximum atomic E-state index is 13.5. The third-order valence-corrected chi connectivity index (χ3v) is 3.57. The molecule has 1 fully saturated rings. The molecule has 0 spiro atoms. The van der Waals surface area contributed by atoms with Gasteiger partial charge in [0.05, 0.1) is 5.56 Å². The van der Waals surface area contributed by atoms with Gasteiger partial charge in [-0.15, -0.1) is 0 Å². The number of benzene rings is 1. The monoisotopic (exact) mass is 266 g/mol. The van der Waals surface area contributed by atoms with Crippen LogP contribution in [0.15, 0.2) is 18.2 Å². The molecular formula is C14H19FN2O2. The van der Waals surface area contributed by atoms with Gasteiger partial charge >= 0.3 is 0 Å². The van der Waals surface area contributed by atoms with Gasteiger partial charge in [-0.25, -0.2) is 4.39 Å². The molecule has 0 bridgehead atoms. The lowest BCUT2D eigenvalue weighted by molar-refractivity contribution is 0.0943. The molecule has 1 aromatic carbocycles. The van der Waals surface area contributed by atoms with E-state index in [2.05, 4.69) is 17.1 Å². The van der Waals surface area contributed by atoms with Crippen molar-refractivity contribution >= 4 is 5.91 Å². The number of rotatable bonds is 4. The highest BCUT2D eigenvalue weighted by molar-refractivity contribution is 5.94. The van der Waals surface area contributed by atoms with Gasteiger partial charge in [0, 0.05) is 19.2 Å². The van der Waals surface area contributed by atoms with Crippen LogP contribution < -0.4 is 5.32 Å². The molecule has 1 unspecified atom stereocenters. The smallest absolute Gasteiger partial charge is 0.254 e. The average Bonchev–Trinajstić information content (AvgIpc) is 2.84. The molecule has 1 aromatic rings. The van der Waals surface area contributed by atoms with Gasteiger partial charge in [-0.3, -0.25) is 4.79 Å². The number of hydrogen-bond donors (Lipinski definition) is 2. The van der Waals surface area contributed by atoms with E-state index in [9.17, 15) is 9.18 Å². The van der Waals surface area contributed by atoms with Crippen LogP contribution in [-0.4, -0.2) is 42.1 Å². The topological polar surface area (TPSA) is 52.6 Å². The highest BCUT2D eigenvalue weighted by atomic mass is 19.1. The fourth-order valence-electron chi connectivity index (χ4n) is 2.39. The van der Waals surface area contributed by atoms with Crippen molar-refractivity contribution in [2.75, 3.05) is 26.2 Å². The Morgan fingerprint density at radius 1 is 1.58 bits per heavy atom. The van der Waals surface area contributed by atoms with E-state index in [1.165, 1.54) is 12.1 Å². The number of amides is 1. The zero-order valence-electron chi connectivity index (χ0n) is 11.0. The number of halogens is 1. The second-order valence-corrected chi connectivity index (χ2v) is 4.92. The lowest BCUT2D eigenvalue weighted by Gasteiger charge is -2.14. The molecule has 19 heavy (non-hydrogen) atoms. The quantitative estimate of drug-likeness (QED) is 0.870. The van der Waals surface area contributed by atoms with E-state index in [1.807, 2.05) is 0 Å². The molecule has 0 aliphatic carbocycles. The second-order valence-electron chi connectivity index (χ2n) is 4.92. The minimum absolute atomic E-state index is 0.0249. The van der Waals surface area contributed by atoms with Crippen LogP contribution in [0.2, 0.25) is 0 Å². The van der Waals surface area contributed by atoms with Crippen LogP contribution in [0.5, 0.6) is 5.75 Å². The summed E-state index contributed by atoms with van der Waals surface area (Å²) in [6.07, 6.45) is 1.06. The number of hydrogen-bond acceptors (Lipinski definition) is 3. The molecule has 0 saturated carbocycles. The average molecular weight is 266 g/mol. The van der Waals surface area contributed by atoms with Crippen molar-refractivity contribution in [3.8, 4) is 5.75 Å². The predicted octanol–water partition coefficient (Wildman–Crippen LogP) is 1.60. The summed E-state index contributed by atoms with van der Waals surface area (Å²) < 4.78 is 13.5. The minimum Gasteiger partial charge on any atom is -0.508 e. The van der Waals surface area contributed by atoms with Crippen molar-refractivity contribution in [3.05, 3.63) is 29.6 Å². The summed E-state index contributed by atoms with van der Waals surface area (Å²) in [5, 5.41) is 11.9. The van der Waals surface area contributed by atoms with Crippen LogP contribution in [0, 0.1) is 11.7 Å². The van der Waals surface area contributed by atoms with E-state index < -0.39 is 11.7 Å². The molecule has 0 aromatic heterocycles. The first-order valence-electron chi connectivity index (χ1n) is 6.59. The predicted molar refractivity (Wildman–Crippen MR) is 70.6 cm³/mol. The highest BCUT2D eigenvalue weighted by Crippen LogP contribution is 2.17. The zero-order chi connectivity index (χ0) is 13.8. The molecule has 5 heteroatoms. The van der Waals surface area contributed by atoms with Gasteiger partial charge in [0.15, 0.2) is 0 Å². The summed E-state index contributed by atoms with van der Waals surface area (Å²) in [7, 11) is 0. The van der Waals surface area contributed by atoms with Gasteiger partial charge < -0.3 is 15.3 Å². The van der Waals surface area contributed by atoms with Crippen molar-refractivity contribution in [1.29, 1.82) is 0 Å². The molecule has 1 heterocycles. The Bertz CT molecular complexity index is 465. The number of phenolic OH excluding ortho intramolecular Hbond substituents is 1. The van der Waals surface area contributed by atoms with E-state index in [-0.39, 0.29) is 11.3 Å². The number of aromatic hydroxyl groups is 1. The third-order valence-electron chi connectivity index (χ3n) is 3.57. The van der Waals surface area contributed by atoms with Crippen LogP contribution in [-0.2, 0) is 0 Å². The summed E-state index contributed by atoms with van der Waals surface area (Å²) in [6, 6.07) is 3.56. The molecule has 1 saturated heterocycles.